The second-order valence-corrected chi connectivity index (χ2v) is 2.42. The van der Waals surface area contributed by atoms with Crippen LogP contribution in [0.4, 0.5) is 0 Å². The first kappa shape index (κ1) is 11.0. The molecule has 0 atom stereocenters. The zero-order chi connectivity index (χ0) is 8.27. The summed E-state index contributed by atoms with van der Waals surface area (Å²) in [7, 11) is 0. The van der Waals surface area contributed by atoms with Crippen LogP contribution in [0, 0.1) is 5.41 Å². The molecule has 1 aromatic rings. The van der Waals surface area contributed by atoms with Crippen LogP contribution in [0.2, 0.25) is 0 Å². The van der Waals surface area contributed by atoms with E-state index in [1.165, 1.54) is 0 Å². The lowest BCUT2D eigenvalue weighted by atomic mass is 10.1. The largest absolute Gasteiger partial charge is 0.384 e. The van der Waals surface area contributed by atoms with E-state index >= 15 is 0 Å². The van der Waals surface area contributed by atoms with E-state index in [0.717, 1.165) is 17.5 Å². The van der Waals surface area contributed by atoms with Crippen molar-refractivity contribution >= 4 is 18.2 Å². The Morgan fingerprint density at radius 3 is 2.42 bits per heavy atom. The Kier molecular flexibility index (Phi) is 4.37. The number of nitrogen functional groups attached to an aromatic ring is 1. The number of halogens is 1. The molecular formula is C9H13ClN2. The highest BCUT2D eigenvalue weighted by molar-refractivity contribution is 5.96. The number of aryl methyl sites for hydroxylation is 1. The van der Waals surface area contributed by atoms with Gasteiger partial charge in [0.2, 0.25) is 0 Å². The standard InChI is InChI=1S/C9H12N2.ClH/c1-2-7-5-3-4-6-8(7)9(10)11;/h3-6H,2H2,1H3,(H3,10,11);1H. The van der Waals surface area contributed by atoms with Gasteiger partial charge in [-0.15, -0.1) is 12.4 Å². The number of nitrogens with one attached hydrogen (secondary N) is 1. The number of amidine groups is 1. The van der Waals surface area contributed by atoms with E-state index < -0.39 is 0 Å². The fourth-order valence-electron chi connectivity index (χ4n) is 1.09. The number of rotatable bonds is 2. The van der Waals surface area contributed by atoms with Crippen LogP contribution in [-0.2, 0) is 6.42 Å². The second kappa shape index (κ2) is 4.78. The molecule has 0 aromatic heterocycles. The van der Waals surface area contributed by atoms with Crippen LogP contribution < -0.4 is 5.73 Å². The first-order valence-corrected chi connectivity index (χ1v) is 3.68. The average Bonchev–Trinajstić information content (AvgIpc) is 2.04. The molecule has 2 nitrogen and oxygen atoms in total. The summed E-state index contributed by atoms with van der Waals surface area (Å²) < 4.78 is 0. The van der Waals surface area contributed by atoms with E-state index in [1.807, 2.05) is 24.3 Å². The van der Waals surface area contributed by atoms with Crippen LogP contribution in [0.5, 0.6) is 0 Å². The maximum atomic E-state index is 7.26. The summed E-state index contributed by atoms with van der Waals surface area (Å²) >= 11 is 0. The molecule has 66 valence electrons. The Labute approximate surface area is 78.7 Å². The van der Waals surface area contributed by atoms with Crippen LogP contribution >= 0.6 is 12.4 Å². The van der Waals surface area contributed by atoms with E-state index in [1.54, 1.807) is 0 Å². The lowest BCUT2D eigenvalue weighted by molar-refractivity contribution is 1.13. The number of nitrogens with two attached hydrogens (primary N) is 1. The summed E-state index contributed by atoms with van der Waals surface area (Å²) in [6, 6.07) is 7.74. The van der Waals surface area contributed by atoms with Crippen molar-refractivity contribution in [2.45, 2.75) is 13.3 Å². The van der Waals surface area contributed by atoms with Gasteiger partial charge in [0, 0.05) is 5.56 Å². The lowest BCUT2D eigenvalue weighted by Gasteiger charge is -2.03. The van der Waals surface area contributed by atoms with Gasteiger partial charge in [-0.2, -0.15) is 0 Å². The third-order valence-electron chi connectivity index (χ3n) is 1.69. The molecule has 0 amide bonds. The van der Waals surface area contributed by atoms with Gasteiger partial charge in [-0.1, -0.05) is 31.2 Å². The molecule has 0 saturated heterocycles. The molecule has 0 heterocycles. The Morgan fingerprint density at radius 1 is 1.42 bits per heavy atom. The average molecular weight is 185 g/mol. The van der Waals surface area contributed by atoms with Gasteiger partial charge in [-0.25, -0.2) is 0 Å². The third-order valence-corrected chi connectivity index (χ3v) is 1.69. The second-order valence-electron chi connectivity index (χ2n) is 2.42. The minimum atomic E-state index is 0. The minimum absolute atomic E-state index is 0. The van der Waals surface area contributed by atoms with Gasteiger partial charge in [-0.3, -0.25) is 5.41 Å². The van der Waals surface area contributed by atoms with E-state index in [2.05, 4.69) is 6.92 Å². The quantitative estimate of drug-likeness (QED) is 0.536. The summed E-state index contributed by atoms with van der Waals surface area (Å²) in [6.07, 6.45) is 0.926. The van der Waals surface area contributed by atoms with Gasteiger partial charge >= 0.3 is 0 Å². The van der Waals surface area contributed by atoms with Crippen molar-refractivity contribution < 1.29 is 0 Å². The lowest BCUT2D eigenvalue weighted by Crippen LogP contribution is -2.13. The van der Waals surface area contributed by atoms with Gasteiger partial charge in [-0.05, 0) is 12.0 Å². The highest BCUT2D eigenvalue weighted by atomic mass is 35.5. The predicted octanol–water partition coefficient (Wildman–Crippen LogP) is 1.95. The van der Waals surface area contributed by atoms with Crippen molar-refractivity contribution in [3.8, 4) is 0 Å². The topological polar surface area (TPSA) is 49.9 Å². The maximum Gasteiger partial charge on any atom is 0.123 e. The Hall–Kier alpha value is -1.02. The number of benzene rings is 1. The van der Waals surface area contributed by atoms with Crippen molar-refractivity contribution in [3.05, 3.63) is 35.4 Å². The van der Waals surface area contributed by atoms with Crippen LogP contribution in [0.3, 0.4) is 0 Å². The van der Waals surface area contributed by atoms with Crippen LogP contribution in [0.1, 0.15) is 18.1 Å². The Bertz CT molecular complexity index is 271. The molecule has 0 aliphatic heterocycles. The molecule has 1 rings (SSSR count). The molecule has 3 N–H and O–H groups in total. The summed E-state index contributed by atoms with van der Waals surface area (Å²) in [4.78, 5) is 0. The Balaban J connectivity index is 0.00000121. The van der Waals surface area contributed by atoms with Gasteiger partial charge in [0.25, 0.3) is 0 Å². The molecule has 0 aliphatic rings. The molecule has 0 radical (unpaired) electrons. The normalized spacial score (nSPS) is 8.75. The first-order chi connectivity index (χ1) is 5.25. The fraction of sp³-hybridized carbons (Fsp3) is 0.222. The molecule has 0 bridgehead atoms. The van der Waals surface area contributed by atoms with Gasteiger partial charge in [0.05, 0.1) is 0 Å². The molecule has 0 unspecified atom stereocenters. The van der Waals surface area contributed by atoms with Crippen LogP contribution in [0.25, 0.3) is 0 Å². The predicted molar refractivity (Wildman–Crippen MR) is 54.1 cm³/mol. The summed E-state index contributed by atoms with van der Waals surface area (Å²) in [5.41, 5.74) is 7.37. The molecule has 0 spiro atoms. The monoisotopic (exact) mass is 184 g/mol. The maximum absolute atomic E-state index is 7.26. The van der Waals surface area contributed by atoms with Crippen LogP contribution in [-0.4, -0.2) is 5.84 Å². The summed E-state index contributed by atoms with van der Waals surface area (Å²) in [6.45, 7) is 2.06. The molecule has 12 heavy (non-hydrogen) atoms. The van der Waals surface area contributed by atoms with E-state index in [-0.39, 0.29) is 18.2 Å². The van der Waals surface area contributed by atoms with Gasteiger partial charge in [0.15, 0.2) is 0 Å². The highest BCUT2D eigenvalue weighted by Crippen LogP contribution is 2.07. The van der Waals surface area contributed by atoms with Gasteiger partial charge in [0.1, 0.15) is 5.84 Å². The highest BCUT2D eigenvalue weighted by Gasteiger charge is 2.00. The van der Waals surface area contributed by atoms with Crippen LogP contribution in [0.15, 0.2) is 24.3 Å². The van der Waals surface area contributed by atoms with E-state index in [9.17, 15) is 0 Å². The molecule has 3 heteroatoms. The van der Waals surface area contributed by atoms with Gasteiger partial charge < -0.3 is 5.73 Å². The molecule has 0 fully saturated rings. The number of hydrogen-bond donors (Lipinski definition) is 2. The zero-order valence-electron chi connectivity index (χ0n) is 7.00. The van der Waals surface area contributed by atoms with Crippen molar-refractivity contribution in [2.75, 3.05) is 0 Å². The molecule has 0 aliphatic carbocycles. The first-order valence-electron chi connectivity index (χ1n) is 3.68. The summed E-state index contributed by atoms with van der Waals surface area (Å²) in [5, 5.41) is 7.26. The number of hydrogen-bond acceptors (Lipinski definition) is 1. The smallest absolute Gasteiger partial charge is 0.123 e. The van der Waals surface area contributed by atoms with Crippen molar-refractivity contribution in [3.63, 3.8) is 0 Å². The van der Waals surface area contributed by atoms with Crippen molar-refractivity contribution in [1.29, 1.82) is 5.41 Å². The van der Waals surface area contributed by atoms with Crippen molar-refractivity contribution in [2.24, 2.45) is 5.73 Å². The molecule has 1 aromatic carbocycles. The summed E-state index contributed by atoms with van der Waals surface area (Å²) in [5.74, 6) is 0.155. The zero-order valence-corrected chi connectivity index (χ0v) is 7.82. The Morgan fingerprint density at radius 2 is 2.00 bits per heavy atom. The molecule has 0 saturated carbocycles. The van der Waals surface area contributed by atoms with E-state index in [4.69, 9.17) is 11.1 Å². The van der Waals surface area contributed by atoms with Crippen molar-refractivity contribution in [1.82, 2.24) is 0 Å². The fourth-order valence-corrected chi connectivity index (χ4v) is 1.09. The SMILES string of the molecule is CCc1ccccc1C(=N)N.Cl. The minimum Gasteiger partial charge on any atom is -0.384 e. The third kappa shape index (κ3) is 2.24. The molecular weight excluding hydrogens is 172 g/mol. The van der Waals surface area contributed by atoms with E-state index in [0.29, 0.717) is 0 Å².